The summed E-state index contributed by atoms with van der Waals surface area (Å²) < 4.78 is 0. The molecule has 4 N–H and O–H groups in total. The van der Waals surface area contributed by atoms with Gasteiger partial charge in [0, 0.05) is 12.0 Å². The molecule has 2 unspecified atom stereocenters. The summed E-state index contributed by atoms with van der Waals surface area (Å²) in [6.07, 6.45) is 7.54. The molecule has 2 atom stereocenters. The van der Waals surface area contributed by atoms with Crippen molar-refractivity contribution < 1.29 is 9.90 Å². The number of aliphatic hydroxyl groups is 1. The molecule has 4 nitrogen and oxygen atoms in total. The van der Waals surface area contributed by atoms with Crippen LogP contribution in [0.3, 0.4) is 0 Å². The third-order valence-electron chi connectivity index (χ3n) is 4.54. The molecule has 4 heteroatoms. The largest absolute Gasteiger partial charge is 0.393 e. The van der Waals surface area contributed by atoms with Gasteiger partial charge in [0.05, 0.1) is 6.10 Å². The fourth-order valence-corrected chi connectivity index (χ4v) is 3.27. The molecular weight excluding hydrogens is 228 g/mol. The lowest BCUT2D eigenvalue weighted by Crippen LogP contribution is -2.43. The first kappa shape index (κ1) is 13.8. The molecule has 0 radical (unpaired) electrons. The van der Waals surface area contributed by atoms with Crippen LogP contribution in [-0.4, -0.2) is 29.7 Å². The van der Waals surface area contributed by atoms with Crippen molar-refractivity contribution in [3.8, 4) is 0 Å². The Labute approximate surface area is 109 Å². The Hall–Kier alpha value is -0.610. The quantitative estimate of drug-likeness (QED) is 0.707. The number of hydrogen-bond acceptors (Lipinski definition) is 3. The topological polar surface area (TPSA) is 75.4 Å². The Morgan fingerprint density at radius 2 is 1.89 bits per heavy atom. The van der Waals surface area contributed by atoms with E-state index in [1.807, 2.05) is 0 Å². The van der Waals surface area contributed by atoms with Gasteiger partial charge < -0.3 is 16.2 Å². The highest BCUT2D eigenvalue weighted by Crippen LogP contribution is 2.28. The molecule has 2 fully saturated rings. The molecule has 0 aromatic carbocycles. The lowest BCUT2D eigenvalue weighted by atomic mass is 9.81. The van der Waals surface area contributed by atoms with E-state index in [1.165, 1.54) is 0 Å². The second-order valence-corrected chi connectivity index (χ2v) is 5.98. The van der Waals surface area contributed by atoms with Crippen LogP contribution in [0.5, 0.6) is 0 Å². The number of carbonyl (C=O) groups is 1. The van der Waals surface area contributed by atoms with Crippen LogP contribution in [0.2, 0.25) is 0 Å². The second-order valence-electron chi connectivity index (χ2n) is 5.98. The molecule has 2 aliphatic carbocycles. The summed E-state index contributed by atoms with van der Waals surface area (Å²) in [4.78, 5) is 12.1. The second kappa shape index (κ2) is 6.53. The third-order valence-corrected chi connectivity index (χ3v) is 4.54. The third kappa shape index (κ3) is 3.69. The molecule has 1 amide bonds. The Bertz CT molecular complexity index is 275. The van der Waals surface area contributed by atoms with Crippen molar-refractivity contribution in [2.45, 2.75) is 63.5 Å². The van der Waals surface area contributed by atoms with Crippen molar-refractivity contribution in [2.75, 3.05) is 6.54 Å². The molecule has 0 bridgehead atoms. The fraction of sp³-hybridized carbons (Fsp3) is 0.929. The van der Waals surface area contributed by atoms with Gasteiger partial charge in [-0.1, -0.05) is 0 Å². The number of amides is 1. The van der Waals surface area contributed by atoms with Crippen molar-refractivity contribution in [2.24, 2.45) is 17.6 Å². The maximum Gasteiger partial charge on any atom is 0.223 e. The van der Waals surface area contributed by atoms with Gasteiger partial charge in [0.15, 0.2) is 0 Å². The van der Waals surface area contributed by atoms with E-state index in [0.29, 0.717) is 5.92 Å². The van der Waals surface area contributed by atoms with E-state index < -0.39 is 0 Å². The van der Waals surface area contributed by atoms with Gasteiger partial charge in [-0.15, -0.1) is 0 Å². The molecule has 2 saturated carbocycles. The first-order valence-electron chi connectivity index (χ1n) is 7.37. The average molecular weight is 254 g/mol. The van der Waals surface area contributed by atoms with Crippen molar-refractivity contribution in [1.82, 2.24) is 5.32 Å². The smallest absolute Gasteiger partial charge is 0.223 e. The summed E-state index contributed by atoms with van der Waals surface area (Å²) in [5, 5.41) is 12.7. The van der Waals surface area contributed by atoms with Gasteiger partial charge in [-0.2, -0.15) is 0 Å². The zero-order valence-electron chi connectivity index (χ0n) is 11.1. The van der Waals surface area contributed by atoms with Gasteiger partial charge in [-0.05, 0) is 63.8 Å². The van der Waals surface area contributed by atoms with Crippen LogP contribution < -0.4 is 11.1 Å². The zero-order chi connectivity index (χ0) is 13.0. The molecule has 0 aromatic rings. The molecule has 104 valence electrons. The lowest BCUT2D eigenvalue weighted by Gasteiger charge is -2.31. The molecule has 0 aliphatic heterocycles. The van der Waals surface area contributed by atoms with E-state index in [4.69, 9.17) is 5.73 Å². The summed E-state index contributed by atoms with van der Waals surface area (Å²) in [5.41, 5.74) is 5.66. The fourth-order valence-electron chi connectivity index (χ4n) is 3.27. The molecule has 0 aromatic heterocycles. The maximum atomic E-state index is 12.1. The lowest BCUT2D eigenvalue weighted by molar-refractivity contribution is -0.127. The number of nitrogens with one attached hydrogen (secondary N) is 1. The van der Waals surface area contributed by atoms with E-state index >= 15 is 0 Å². The standard InChI is InChI=1S/C14H26N2O2/c15-9-10-4-6-11(7-5-10)14(18)16-12-2-1-3-13(17)8-12/h10-13,17H,1-9,15H2,(H,16,18). The highest BCUT2D eigenvalue weighted by atomic mass is 16.3. The number of nitrogens with two attached hydrogens (primary N) is 1. The minimum absolute atomic E-state index is 0.173. The normalized spacial score (nSPS) is 37.2. The molecule has 2 aliphatic rings. The van der Waals surface area contributed by atoms with Gasteiger partial charge in [0.2, 0.25) is 5.91 Å². The van der Waals surface area contributed by atoms with Gasteiger partial charge in [0.1, 0.15) is 0 Å². The first-order chi connectivity index (χ1) is 8.69. The van der Waals surface area contributed by atoms with Gasteiger partial charge in [-0.25, -0.2) is 0 Å². The van der Waals surface area contributed by atoms with Gasteiger partial charge in [0.25, 0.3) is 0 Å². The van der Waals surface area contributed by atoms with Crippen molar-refractivity contribution in [3.05, 3.63) is 0 Å². The van der Waals surface area contributed by atoms with Crippen LogP contribution in [0.25, 0.3) is 0 Å². The summed E-state index contributed by atoms with van der Waals surface area (Å²) in [5.74, 6) is 0.988. The number of hydrogen-bond donors (Lipinski definition) is 3. The Kier molecular flexibility index (Phi) is 5.01. The summed E-state index contributed by atoms with van der Waals surface area (Å²) in [7, 11) is 0. The highest BCUT2D eigenvalue weighted by Gasteiger charge is 2.28. The van der Waals surface area contributed by atoms with Crippen LogP contribution >= 0.6 is 0 Å². The van der Waals surface area contributed by atoms with E-state index in [2.05, 4.69) is 5.32 Å². The predicted molar refractivity (Wildman–Crippen MR) is 70.9 cm³/mol. The van der Waals surface area contributed by atoms with Crippen molar-refractivity contribution in [3.63, 3.8) is 0 Å². The van der Waals surface area contributed by atoms with Crippen LogP contribution in [0, 0.1) is 11.8 Å². The van der Waals surface area contributed by atoms with Crippen LogP contribution in [-0.2, 0) is 4.79 Å². The SMILES string of the molecule is NCC1CCC(C(=O)NC2CCCC(O)C2)CC1. The Balaban J connectivity index is 1.74. The van der Waals surface area contributed by atoms with E-state index in [-0.39, 0.29) is 24.0 Å². The van der Waals surface area contributed by atoms with Gasteiger partial charge in [-0.3, -0.25) is 4.79 Å². The molecular formula is C14H26N2O2. The zero-order valence-corrected chi connectivity index (χ0v) is 11.1. The molecule has 0 heterocycles. The number of carbonyl (C=O) groups excluding carboxylic acids is 1. The van der Waals surface area contributed by atoms with Crippen LogP contribution in [0.4, 0.5) is 0 Å². The monoisotopic (exact) mass is 254 g/mol. The number of rotatable bonds is 3. The summed E-state index contributed by atoms with van der Waals surface area (Å²) >= 11 is 0. The maximum absolute atomic E-state index is 12.1. The Morgan fingerprint density at radius 3 is 2.50 bits per heavy atom. The van der Waals surface area contributed by atoms with Crippen LogP contribution in [0.15, 0.2) is 0 Å². The van der Waals surface area contributed by atoms with Crippen LogP contribution in [0.1, 0.15) is 51.4 Å². The number of aliphatic hydroxyl groups excluding tert-OH is 1. The molecule has 18 heavy (non-hydrogen) atoms. The van der Waals surface area contributed by atoms with E-state index in [1.54, 1.807) is 0 Å². The molecule has 0 spiro atoms. The van der Waals surface area contributed by atoms with E-state index in [9.17, 15) is 9.90 Å². The van der Waals surface area contributed by atoms with Gasteiger partial charge >= 0.3 is 0 Å². The minimum atomic E-state index is -0.225. The molecule has 0 saturated heterocycles. The first-order valence-corrected chi connectivity index (χ1v) is 7.37. The molecule has 2 rings (SSSR count). The predicted octanol–water partition coefficient (Wildman–Crippen LogP) is 1.17. The van der Waals surface area contributed by atoms with E-state index in [0.717, 1.165) is 57.9 Å². The Morgan fingerprint density at radius 1 is 1.17 bits per heavy atom. The minimum Gasteiger partial charge on any atom is -0.393 e. The summed E-state index contributed by atoms with van der Waals surface area (Å²) in [6, 6.07) is 0.188. The average Bonchev–Trinajstić information content (AvgIpc) is 2.39. The van der Waals surface area contributed by atoms with Crippen molar-refractivity contribution >= 4 is 5.91 Å². The highest BCUT2D eigenvalue weighted by molar-refractivity contribution is 5.79. The summed E-state index contributed by atoms with van der Waals surface area (Å²) in [6.45, 7) is 0.753. The van der Waals surface area contributed by atoms with Crippen molar-refractivity contribution in [1.29, 1.82) is 0 Å².